The van der Waals surface area contributed by atoms with E-state index in [1.54, 1.807) is 25.1 Å². The molecule has 0 saturated heterocycles. The molecule has 1 rings (SSSR count). The van der Waals surface area contributed by atoms with Crippen LogP contribution < -0.4 is 10.1 Å². The third-order valence-electron chi connectivity index (χ3n) is 3.88. The van der Waals surface area contributed by atoms with Crippen molar-refractivity contribution < 1.29 is 23.8 Å². The van der Waals surface area contributed by atoms with Crippen molar-refractivity contribution >= 4 is 17.6 Å². The van der Waals surface area contributed by atoms with E-state index in [2.05, 4.69) is 12.2 Å². The molecule has 1 amide bonds. The number of hydrogen-bond donors (Lipinski definition) is 1. The molecule has 1 N–H and O–H groups in total. The molecule has 0 saturated carbocycles. The minimum Gasteiger partial charge on any atom is -0.493 e. The Hall–Kier alpha value is -2.08. The first-order valence-electron chi connectivity index (χ1n) is 8.13. The highest BCUT2D eigenvalue weighted by Gasteiger charge is 2.32. The van der Waals surface area contributed by atoms with Crippen LogP contribution in [0.5, 0.6) is 5.75 Å². The second kappa shape index (κ2) is 9.27. The SMILES string of the molecule is CCCCC(C)(OC)C(=O)Nc1ccc(OCC)c(C(=O)OC)c1. The molecule has 0 spiro atoms. The van der Waals surface area contributed by atoms with Crippen molar-refractivity contribution in [2.75, 3.05) is 26.1 Å². The van der Waals surface area contributed by atoms with E-state index in [4.69, 9.17) is 14.2 Å². The predicted molar refractivity (Wildman–Crippen MR) is 92.5 cm³/mol. The van der Waals surface area contributed by atoms with Gasteiger partial charge in [-0.1, -0.05) is 19.8 Å². The van der Waals surface area contributed by atoms with E-state index in [1.165, 1.54) is 14.2 Å². The second-order valence-corrected chi connectivity index (χ2v) is 5.63. The zero-order chi connectivity index (χ0) is 18.2. The highest BCUT2D eigenvalue weighted by molar-refractivity contribution is 5.99. The standard InChI is InChI=1S/C18H27NO5/c1-6-8-11-18(3,23-5)17(21)19-13-9-10-15(24-7-2)14(12-13)16(20)22-4/h9-10,12H,6-8,11H2,1-5H3,(H,19,21). The summed E-state index contributed by atoms with van der Waals surface area (Å²) in [6, 6.07) is 4.87. The number of anilines is 1. The van der Waals surface area contributed by atoms with E-state index in [9.17, 15) is 9.59 Å². The smallest absolute Gasteiger partial charge is 0.341 e. The first kappa shape index (κ1) is 20.0. The van der Waals surface area contributed by atoms with Crippen LogP contribution in [-0.2, 0) is 14.3 Å². The number of unbranched alkanes of at least 4 members (excludes halogenated alkanes) is 1. The normalized spacial score (nSPS) is 13.0. The van der Waals surface area contributed by atoms with E-state index in [-0.39, 0.29) is 11.5 Å². The van der Waals surface area contributed by atoms with Gasteiger partial charge >= 0.3 is 5.97 Å². The molecule has 24 heavy (non-hydrogen) atoms. The van der Waals surface area contributed by atoms with Crippen LogP contribution in [0.15, 0.2) is 18.2 Å². The Labute approximate surface area is 143 Å². The third kappa shape index (κ3) is 4.96. The van der Waals surface area contributed by atoms with Crippen molar-refractivity contribution in [2.24, 2.45) is 0 Å². The van der Waals surface area contributed by atoms with Crippen molar-refractivity contribution in [1.82, 2.24) is 0 Å². The van der Waals surface area contributed by atoms with Crippen LogP contribution in [-0.4, -0.2) is 38.3 Å². The number of methoxy groups -OCH3 is 2. The topological polar surface area (TPSA) is 73.9 Å². The lowest BCUT2D eigenvalue weighted by Crippen LogP contribution is -2.41. The number of esters is 1. The molecule has 6 heteroatoms. The van der Waals surface area contributed by atoms with E-state index < -0.39 is 11.6 Å². The third-order valence-corrected chi connectivity index (χ3v) is 3.88. The predicted octanol–water partition coefficient (Wildman–Crippen LogP) is 3.41. The minimum atomic E-state index is -0.917. The first-order valence-corrected chi connectivity index (χ1v) is 8.13. The van der Waals surface area contributed by atoms with Crippen LogP contribution in [0, 0.1) is 0 Å². The van der Waals surface area contributed by atoms with E-state index in [1.807, 2.05) is 6.92 Å². The summed E-state index contributed by atoms with van der Waals surface area (Å²) >= 11 is 0. The number of hydrogen-bond acceptors (Lipinski definition) is 5. The monoisotopic (exact) mass is 337 g/mol. The Morgan fingerprint density at radius 1 is 1.21 bits per heavy atom. The zero-order valence-electron chi connectivity index (χ0n) is 15.1. The van der Waals surface area contributed by atoms with Gasteiger partial charge in [0.25, 0.3) is 5.91 Å². The van der Waals surface area contributed by atoms with E-state index in [0.717, 1.165) is 12.8 Å². The fourth-order valence-electron chi connectivity index (χ4n) is 2.24. The number of ether oxygens (including phenoxy) is 3. The molecule has 134 valence electrons. The Morgan fingerprint density at radius 3 is 2.46 bits per heavy atom. The number of nitrogens with one attached hydrogen (secondary N) is 1. The molecule has 0 aromatic heterocycles. The van der Waals surface area contributed by atoms with Crippen molar-refractivity contribution in [2.45, 2.75) is 45.6 Å². The van der Waals surface area contributed by atoms with E-state index >= 15 is 0 Å². The van der Waals surface area contributed by atoms with Gasteiger partial charge in [0.1, 0.15) is 16.9 Å². The molecule has 0 bridgehead atoms. The maximum absolute atomic E-state index is 12.5. The molecule has 0 aliphatic carbocycles. The zero-order valence-corrected chi connectivity index (χ0v) is 15.1. The molecule has 6 nitrogen and oxygen atoms in total. The molecule has 1 atom stereocenters. The highest BCUT2D eigenvalue weighted by atomic mass is 16.5. The average Bonchev–Trinajstić information content (AvgIpc) is 2.60. The van der Waals surface area contributed by atoms with Gasteiger partial charge in [0.2, 0.25) is 0 Å². The molecule has 1 aromatic rings. The van der Waals surface area contributed by atoms with Crippen LogP contribution in [0.1, 0.15) is 50.4 Å². The molecule has 0 aliphatic heterocycles. The van der Waals surface area contributed by atoms with Crippen LogP contribution in [0.25, 0.3) is 0 Å². The summed E-state index contributed by atoms with van der Waals surface area (Å²) < 4.78 is 15.6. The molecule has 1 aromatic carbocycles. The van der Waals surface area contributed by atoms with Crippen LogP contribution in [0.4, 0.5) is 5.69 Å². The minimum absolute atomic E-state index is 0.251. The summed E-state index contributed by atoms with van der Waals surface area (Å²) in [6.45, 7) is 6.07. The first-order chi connectivity index (χ1) is 11.4. The molecule has 0 radical (unpaired) electrons. The summed E-state index contributed by atoms with van der Waals surface area (Å²) in [6.07, 6.45) is 2.48. The van der Waals surface area contributed by atoms with Gasteiger partial charge in [-0.05, 0) is 38.5 Å². The lowest BCUT2D eigenvalue weighted by atomic mass is 9.97. The van der Waals surface area contributed by atoms with Gasteiger partial charge in [0.15, 0.2) is 0 Å². The van der Waals surface area contributed by atoms with Gasteiger partial charge < -0.3 is 19.5 Å². The largest absolute Gasteiger partial charge is 0.493 e. The van der Waals surface area contributed by atoms with Gasteiger partial charge in [0, 0.05) is 12.8 Å². The van der Waals surface area contributed by atoms with Gasteiger partial charge in [-0.15, -0.1) is 0 Å². The molecule has 0 aliphatic rings. The number of rotatable bonds is 9. The summed E-state index contributed by atoms with van der Waals surface area (Å²) in [7, 11) is 2.82. The Morgan fingerprint density at radius 2 is 1.92 bits per heavy atom. The highest BCUT2D eigenvalue weighted by Crippen LogP contribution is 2.26. The Balaban J connectivity index is 3.01. The number of amides is 1. The number of carbonyl (C=O) groups is 2. The Kier molecular flexibility index (Phi) is 7.71. The maximum Gasteiger partial charge on any atom is 0.341 e. The van der Waals surface area contributed by atoms with Gasteiger partial charge in [-0.3, -0.25) is 4.79 Å². The summed E-state index contributed by atoms with van der Waals surface area (Å²) in [5.41, 5.74) is -0.159. The summed E-state index contributed by atoms with van der Waals surface area (Å²) in [5, 5.41) is 2.80. The van der Waals surface area contributed by atoms with Crippen molar-refractivity contribution in [3.63, 3.8) is 0 Å². The number of carbonyl (C=O) groups excluding carboxylic acids is 2. The molecular weight excluding hydrogens is 310 g/mol. The fraction of sp³-hybridized carbons (Fsp3) is 0.556. The molecular formula is C18H27NO5. The van der Waals surface area contributed by atoms with Gasteiger partial charge in [-0.2, -0.15) is 0 Å². The lowest BCUT2D eigenvalue weighted by molar-refractivity contribution is -0.136. The van der Waals surface area contributed by atoms with Gasteiger partial charge in [-0.25, -0.2) is 4.79 Å². The fourth-order valence-corrected chi connectivity index (χ4v) is 2.24. The van der Waals surface area contributed by atoms with Crippen molar-refractivity contribution in [1.29, 1.82) is 0 Å². The Bertz CT molecular complexity index is 573. The number of benzene rings is 1. The van der Waals surface area contributed by atoms with Crippen LogP contribution in [0.3, 0.4) is 0 Å². The van der Waals surface area contributed by atoms with Crippen molar-refractivity contribution in [3.8, 4) is 5.75 Å². The average molecular weight is 337 g/mol. The summed E-state index contributed by atoms with van der Waals surface area (Å²) in [4.78, 5) is 24.5. The van der Waals surface area contributed by atoms with Gasteiger partial charge in [0.05, 0.1) is 13.7 Å². The molecule has 1 unspecified atom stereocenters. The molecule has 0 fully saturated rings. The van der Waals surface area contributed by atoms with Crippen LogP contribution in [0.2, 0.25) is 0 Å². The lowest BCUT2D eigenvalue weighted by Gasteiger charge is -2.27. The summed E-state index contributed by atoms with van der Waals surface area (Å²) in [5.74, 6) is -0.351. The van der Waals surface area contributed by atoms with E-state index in [0.29, 0.717) is 24.5 Å². The molecule has 0 heterocycles. The van der Waals surface area contributed by atoms with Crippen molar-refractivity contribution in [3.05, 3.63) is 23.8 Å². The second-order valence-electron chi connectivity index (χ2n) is 5.63. The quantitative estimate of drug-likeness (QED) is 0.699. The van der Waals surface area contributed by atoms with Crippen LogP contribution >= 0.6 is 0 Å². The maximum atomic E-state index is 12.5.